The van der Waals surface area contributed by atoms with Crippen LogP contribution in [0.15, 0.2) is 40.6 Å². The molecule has 0 fully saturated rings. The van der Waals surface area contributed by atoms with Crippen LogP contribution in [0.25, 0.3) is 0 Å². The molecule has 0 saturated heterocycles. The minimum atomic E-state index is -4.13. The maximum Gasteiger partial charge on any atom is 0.349 e. The molecule has 158 valence electrons. The largest absolute Gasteiger partial charge is 0.494 e. The van der Waals surface area contributed by atoms with Gasteiger partial charge in [0.05, 0.1) is 13.7 Å². The number of carbonyl (C=O) groups excluding carboxylic acids is 2. The normalized spacial score (nSPS) is 11.1. The molecule has 0 aliphatic rings. The van der Waals surface area contributed by atoms with Crippen molar-refractivity contribution in [2.24, 2.45) is 0 Å². The van der Waals surface area contributed by atoms with E-state index in [1.54, 1.807) is 12.1 Å². The first kappa shape index (κ1) is 22.9. The molecule has 0 spiro atoms. The summed E-state index contributed by atoms with van der Waals surface area (Å²) in [7, 11) is -2.97. The van der Waals surface area contributed by atoms with E-state index in [1.807, 2.05) is 4.83 Å². The zero-order chi connectivity index (χ0) is 21.3. The first-order valence-electron chi connectivity index (χ1n) is 9.10. The van der Waals surface area contributed by atoms with Crippen molar-refractivity contribution in [3.8, 4) is 5.75 Å². The summed E-state index contributed by atoms with van der Waals surface area (Å²) < 4.78 is 34.9. The zero-order valence-electron chi connectivity index (χ0n) is 16.3. The van der Waals surface area contributed by atoms with Crippen LogP contribution in [0.1, 0.15) is 52.6 Å². The van der Waals surface area contributed by atoms with Gasteiger partial charge in [0.1, 0.15) is 15.5 Å². The number of ether oxygens (including phenoxy) is 2. The Kier molecular flexibility index (Phi) is 8.62. The first-order valence-corrected chi connectivity index (χ1v) is 11.5. The molecule has 0 unspecified atom stereocenters. The van der Waals surface area contributed by atoms with E-state index < -0.39 is 21.9 Å². The summed E-state index contributed by atoms with van der Waals surface area (Å²) in [5, 5.41) is 1.45. The van der Waals surface area contributed by atoms with E-state index in [0.717, 1.165) is 37.7 Å². The van der Waals surface area contributed by atoms with E-state index >= 15 is 0 Å². The van der Waals surface area contributed by atoms with E-state index in [2.05, 4.69) is 17.1 Å². The lowest BCUT2D eigenvalue weighted by molar-refractivity contribution is 0.0602. The van der Waals surface area contributed by atoms with Crippen LogP contribution >= 0.6 is 11.3 Å². The Morgan fingerprint density at radius 3 is 2.45 bits per heavy atom. The van der Waals surface area contributed by atoms with Gasteiger partial charge in [0, 0.05) is 5.56 Å². The first-order chi connectivity index (χ1) is 13.9. The maximum absolute atomic E-state index is 12.4. The summed E-state index contributed by atoms with van der Waals surface area (Å²) in [5.41, 5.74) is 2.39. The summed E-state index contributed by atoms with van der Waals surface area (Å²) in [4.78, 5) is 25.5. The molecular formula is C19H24N2O6S2. The summed E-state index contributed by atoms with van der Waals surface area (Å²) in [6, 6.07) is 7.64. The van der Waals surface area contributed by atoms with E-state index in [-0.39, 0.29) is 15.3 Å². The Morgan fingerprint density at radius 2 is 1.79 bits per heavy atom. The van der Waals surface area contributed by atoms with Crippen LogP contribution in [0.4, 0.5) is 0 Å². The quantitative estimate of drug-likeness (QED) is 0.316. The summed E-state index contributed by atoms with van der Waals surface area (Å²) >= 11 is 0.932. The number of amides is 1. The Bertz CT molecular complexity index is 922. The molecule has 1 heterocycles. The fourth-order valence-corrected chi connectivity index (χ4v) is 4.59. The number of carbonyl (C=O) groups is 2. The smallest absolute Gasteiger partial charge is 0.349 e. The molecule has 8 nitrogen and oxygen atoms in total. The number of methoxy groups -OCH3 is 1. The second kappa shape index (κ2) is 10.9. The van der Waals surface area contributed by atoms with Crippen LogP contribution in [-0.4, -0.2) is 34.0 Å². The molecule has 10 heteroatoms. The highest BCUT2D eigenvalue weighted by molar-refractivity contribution is 7.89. The third-order valence-corrected chi connectivity index (χ3v) is 6.29. The molecule has 1 aromatic carbocycles. The standard InChI is InChI=1S/C19H24N2O6S2/c1-3-4-5-6-12-27-15-9-7-14(8-10-15)18(22)20-21-29(24,25)16-11-13-28-17(16)19(23)26-2/h7-11,13,21H,3-6,12H2,1-2H3,(H,20,22). The lowest BCUT2D eigenvalue weighted by Crippen LogP contribution is -2.41. The van der Waals surface area contributed by atoms with Crippen LogP contribution in [0.3, 0.4) is 0 Å². The van der Waals surface area contributed by atoms with Crippen molar-refractivity contribution < 1.29 is 27.5 Å². The van der Waals surface area contributed by atoms with Gasteiger partial charge in [-0.05, 0) is 42.1 Å². The monoisotopic (exact) mass is 440 g/mol. The number of benzene rings is 1. The van der Waals surface area contributed by atoms with Gasteiger partial charge in [-0.25, -0.2) is 13.2 Å². The molecule has 0 aliphatic heterocycles. The average Bonchev–Trinajstić information content (AvgIpc) is 3.23. The molecule has 0 atom stereocenters. The highest BCUT2D eigenvalue weighted by Crippen LogP contribution is 2.22. The Labute approximate surface area is 174 Å². The van der Waals surface area contributed by atoms with Crippen LogP contribution in [0.2, 0.25) is 0 Å². The van der Waals surface area contributed by atoms with Gasteiger partial charge >= 0.3 is 5.97 Å². The third-order valence-electron chi connectivity index (χ3n) is 3.97. The van der Waals surface area contributed by atoms with Crippen molar-refractivity contribution in [2.45, 2.75) is 37.5 Å². The molecule has 0 saturated carbocycles. The van der Waals surface area contributed by atoms with Crippen molar-refractivity contribution in [3.63, 3.8) is 0 Å². The Hall–Kier alpha value is -2.43. The van der Waals surface area contributed by atoms with E-state index in [4.69, 9.17) is 4.74 Å². The number of hydrogen-bond donors (Lipinski definition) is 2. The number of hydrazine groups is 1. The Balaban J connectivity index is 1.92. The lowest BCUT2D eigenvalue weighted by atomic mass is 10.2. The SMILES string of the molecule is CCCCCCOc1ccc(C(=O)NNS(=O)(=O)c2ccsc2C(=O)OC)cc1. The number of rotatable bonds is 11. The van der Waals surface area contributed by atoms with Gasteiger partial charge in [-0.3, -0.25) is 10.2 Å². The molecule has 2 N–H and O–H groups in total. The molecule has 2 aromatic rings. The lowest BCUT2D eigenvalue weighted by Gasteiger charge is -2.10. The van der Waals surface area contributed by atoms with Crippen LogP contribution in [0, 0.1) is 0 Å². The number of thiophene rings is 1. The summed E-state index contributed by atoms with van der Waals surface area (Å²) in [6.07, 6.45) is 4.40. The van der Waals surface area contributed by atoms with Gasteiger partial charge in [0.25, 0.3) is 15.9 Å². The molecule has 1 amide bonds. The van der Waals surface area contributed by atoms with E-state index in [1.165, 1.54) is 30.0 Å². The highest BCUT2D eigenvalue weighted by atomic mass is 32.2. The summed E-state index contributed by atoms with van der Waals surface area (Å²) in [6.45, 7) is 2.75. The minimum absolute atomic E-state index is 0.0744. The number of esters is 1. The number of unbranched alkanes of at least 4 members (excludes halogenated alkanes) is 3. The van der Waals surface area contributed by atoms with E-state index in [9.17, 15) is 18.0 Å². The van der Waals surface area contributed by atoms with Gasteiger partial charge in [-0.2, -0.15) is 0 Å². The average molecular weight is 441 g/mol. The van der Waals surface area contributed by atoms with Crippen LogP contribution in [-0.2, 0) is 14.8 Å². The van der Waals surface area contributed by atoms with Crippen molar-refractivity contribution in [3.05, 3.63) is 46.2 Å². The molecule has 1 aromatic heterocycles. The molecular weight excluding hydrogens is 416 g/mol. The van der Waals surface area contributed by atoms with Gasteiger partial charge < -0.3 is 9.47 Å². The number of nitrogens with one attached hydrogen (secondary N) is 2. The van der Waals surface area contributed by atoms with Crippen molar-refractivity contribution in [1.82, 2.24) is 10.3 Å². The predicted molar refractivity (Wildman–Crippen MR) is 110 cm³/mol. The van der Waals surface area contributed by atoms with Crippen LogP contribution in [0.5, 0.6) is 5.75 Å². The Morgan fingerprint density at radius 1 is 1.07 bits per heavy atom. The molecule has 0 radical (unpaired) electrons. The second-order valence-corrected chi connectivity index (χ2v) is 8.67. The fourth-order valence-electron chi connectivity index (χ4n) is 2.41. The second-order valence-electron chi connectivity index (χ2n) is 6.10. The van der Waals surface area contributed by atoms with Gasteiger partial charge in [0.2, 0.25) is 0 Å². The van der Waals surface area contributed by atoms with Crippen molar-refractivity contribution in [2.75, 3.05) is 13.7 Å². The van der Waals surface area contributed by atoms with Crippen molar-refractivity contribution in [1.29, 1.82) is 0 Å². The van der Waals surface area contributed by atoms with E-state index in [0.29, 0.717) is 12.4 Å². The zero-order valence-corrected chi connectivity index (χ0v) is 17.9. The molecule has 0 aliphatic carbocycles. The van der Waals surface area contributed by atoms with Gasteiger partial charge in [-0.15, -0.1) is 16.2 Å². The molecule has 29 heavy (non-hydrogen) atoms. The maximum atomic E-state index is 12.4. The number of sulfonamides is 1. The molecule has 2 rings (SSSR count). The summed E-state index contributed by atoms with van der Waals surface area (Å²) in [5.74, 6) is -0.769. The predicted octanol–water partition coefficient (Wildman–Crippen LogP) is 3.12. The molecule has 0 bridgehead atoms. The highest BCUT2D eigenvalue weighted by Gasteiger charge is 2.25. The van der Waals surface area contributed by atoms with Crippen LogP contribution < -0.4 is 15.0 Å². The van der Waals surface area contributed by atoms with Gasteiger partial charge in [0.15, 0.2) is 0 Å². The number of hydrogen-bond acceptors (Lipinski definition) is 7. The topological polar surface area (TPSA) is 111 Å². The minimum Gasteiger partial charge on any atom is -0.494 e. The van der Waals surface area contributed by atoms with Gasteiger partial charge in [-0.1, -0.05) is 26.2 Å². The third kappa shape index (κ3) is 6.55. The van der Waals surface area contributed by atoms with Crippen molar-refractivity contribution >= 4 is 33.2 Å². The fraction of sp³-hybridized carbons (Fsp3) is 0.368.